The molecule has 0 aromatic carbocycles. The van der Waals surface area contributed by atoms with E-state index >= 15 is 0 Å². The topological polar surface area (TPSA) is 35.5 Å². The van der Waals surface area contributed by atoms with Gasteiger partial charge in [-0.2, -0.15) is 0 Å². The van der Waals surface area contributed by atoms with Gasteiger partial charge in [-0.1, -0.05) is 64.2 Å². The molecule has 0 heterocycles. The van der Waals surface area contributed by atoms with Crippen molar-refractivity contribution in [2.75, 3.05) is 6.61 Å². The van der Waals surface area contributed by atoms with Crippen LogP contribution in [0, 0.1) is 0 Å². The Morgan fingerprint density at radius 1 is 1.00 bits per heavy atom. The fourth-order valence-corrected chi connectivity index (χ4v) is 4.10. The molecule has 0 saturated heterocycles. The van der Waals surface area contributed by atoms with Crippen LogP contribution in [0.5, 0.6) is 0 Å². The third-order valence-corrected chi connectivity index (χ3v) is 5.16. The Morgan fingerprint density at radius 2 is 1.50 bits per heavy atom. The van der Waals surface area contributed by atoms with Gasteiger partial charge in [0.15, 0.2) is 0 Å². The third kappa shape index (κ3) is 5.37. The second kappa shape index (κ2) is 9.27. The Labute approximate surface area is 135 Å². The van der Waals surface area contributed by atoms with Gasteiger partial charge in [0.2, 0.25) is 0 Å². The van der Waals surface area contributed by atoms with Crippen molar-refractivity contribution < 1.29 is 14.2 Å². The highest BCUT2D eigenvalue weighted by Crippen LogP contribution is 2.42. The molecule has 0 radical (unpaired) electrons. The van der Waals surface area contributed by atoms with Crippen molar-refractivity contribution in [3.8, 4) is 0 Å². The molecule has 2 fully saturated rings. The van der Waals surface area contributed by atoms with Gasteiger partial charge in [0.25, 0.3) is 0 Å². The first kappa shape index (κ1) is 17.4. The van der Waals surface area contributed by atoms with Crippen molar-refractivity contribution >= 4 is 12.9 Å². The average molecular weight is 306 g/mol. The van der Waals surface area contributed by atoms with E-state index in [0.717, 1.165) is 5.76 Å². The molecule has 0 aromatic rings. The molecule has 0 amide bonds. The molecule has 0 aliphatic heterocycles. The van der Waals surface area contributed by atoms with Crippen molar-refractivity contribution in [2.24, 2.45) is 0 Å². The van der Waals surface area contributed by atoms with E-state index in [2.05, 4.69) is 0 Å². The molecule has 0 unspecified atom stereocenters. The molecular weight excluding hydrogens is 275 g/mol. The lowest BCUT2D eigenvalue weighted by molar-refractivity contribution is -0.137. The van der Waals surface area contributed by atoms with Gasteiger partial charge in [-0.15, -0.1) is 0 Å². The Bertz CT molecular complexity index is 351. The predicted octanol–water partition coefficient (Wildman–Crippen LogP) is 5.13. The van der Waals surface area contributed by atoms with Crippen LogP contribution in [-0.4, -0.2) is 19.5 Å². The fraction of sp³-hybridized carbons (Fsp3) is 0.833. The number of ether oxygens (including phenoxy) is 1. The summed E-state index contributed by atoms with van der Waals surface area (Å²) in [7, 11) is 0. The Balaban J connectivity index is 2.00. The number of hydrogen-bond donors (Lipinski definition) is 0. The third-order valence-electron chi connectivity index (χ3n) is 5.16. The van der Waals surface area contributed by atoms with Crippen LogP contribution in [0.1, 0.15) is 78.1 Å². The van der Waals surface area contributed by atoms with Gasteiger partial charge in [-0.05, 0) is 25.5 Å². The van der Waals surface area contributed by atoms with Crippen LogP contribution in [0.25, 0.3) is 0 Å². The maximum Gasteiger partial charge on any atom is 0.363 e. The van der Waals surface area contributed by atoms with Gasteiger partial charge in [-0.25, -0.2) is 4.79 Å². The highest BCUT2D eigenvalue weighted by molar-refractivity contribution is 6.55. The standard InChI is InChI=1S/C18H31BO3/c1-3-21-18(20)14-15(2)22-19(16-10-6-4-7-11-16)17-12-8-5-9-13-17/h14,16-17H,3-13H2,1-2H3/b15-14+. The van der Waals surface area contributed by atoms with Crippen LogP contribution in [0.4, 0.5) is 0 Å². The largest absolute Gasteiger partial charge is 0.563 e. The van der Waals surface area contributed by atoms with Gasteiger partial charge < -0.3 is 9.39 Å². The molecule has 3 nitrogen and oxygen atoms in total. The van der Waals surface area contributed by atoms with E-state index in [-0.39, 0.29) is 5.97 Å². The molecule has 2 aliphatic rings. The Kier molecular flexibility index (Phi) is 7.34. The van der Waals surface area contributed by atoms with Crippen molar-refractivity contribution in [1.29, 1.82) is 0 Å². The molecule has 0 bridgehead atoms. The lowest BCUT2D eigenvalue weighted by Gasteiger charge is -2.35. The van der Waals surface area contributed by atoms with Gasteiger partial charge in [-0.3, -0.25) is 0 Å². The first-order valence-electron chi connectivity index (χ1n) is 9.22. The zero-order valence-corrected chi connectivity index (χ0v) is 14.3. The van der Waals surface area contributed by atoms with E-state index < -0.39 is 0 Å². The van der Waals surface area contributed by atoms with Gasteiger partial charge >= 0.3 is 12.9 Å². The summed E-state index contributed by atoms with van der Waals surface area (Å²) in [5.41, 5.74) is 0. The second-order valence-corrected chi connectivity index (χ2v) is 6.89. The summed E-state index contributed by atoms with van der Waals surface area (Å²) in [6.07, 6.45) is 14.7. The Morgan fingerprint density at radius 3 is 1.95 bits per heavy atom. The maximum absolute atomic E-state index is 11.6. The van der Waals surface area contributed by atoms with Gasteiger partial charge in [0.1, 0.15) is 0 Å². The smallest absolute Gasteiger partial charge is 0.363 e. The summed E-state index contributed by atoms with van der Waals surface area (Å²) in [6, 6.07) is 0. The molecule has 0 atom stereocenters. The lowest BCUT2D eigenvalue weighted by Crippen LogP contribution is -2.33. The molecule has 2 aliphatic carbocycles. The highest BCUT2D eigenvalue weighted by Gasteiger charge is 2.38. The SMILES string of the molecule is CCOC(=O)/C=C(\C)OB(C1CCCCC1)C1CCCCC1. The minimum absolute atomic E-state index is 0.286. The first-order chi connectivity index (χ1) is 10.7. The number of carbonyl (C=O) groups is 1. The van der Waals surface area contributed by atoms with E-state index in [1.54, 1.807) is 0 Å². The van der Waals surface area contributed by atoms with E-state index in [9.17, 15) is 4.79 Å². The molecule has 4 heteroatoms. The molecule has 0 spiro atoms. The summed E-state index contributed by atoms with van der Waals surface area (Å²) < 4.78 is 11.3. The minimum Gasteiger partial charge on any atom is -0.563 e. The number of carbonyl (C=O) groups excluding carboxylic acids is 1. The number of esters is 1. The van der Waals surface area contributed by atoms with Crippen LogP contribution in [0.3, 0.4) is 0 Å². The molecule has 22 heavy (non-hydrogen) atoms. The number of rotatable bonds is 6. The molecule has 0 aromatic heterocycles. The second-order valence-electron chi connectivity index (χ2n) is 6.89. The van der Waals surface area contributed by atoms with Crippen molar-refractivity contribution in [2.45, 2.75) is 89.7 Å². The van der Waals surface area contributed by atoms with Crippen LogP contribution in [0.15, 0.2) is 11.8 Å². The quantitative estimate of drug-likeness (QED) is 0.295. The van der Waals surface area contributed by atoms with E-state index in [1.165, 1.54) is 70.3 Å². The maximum atomic E-state index is 11.6. The molecule has 2 saturated carbocycles. The highest BCUT2D eigenvalue weighted by atomic mass is 16.5. The van der Waals surface area contributed by atoms with Crippen LogP contribution >= 0.6 is 0 Å². The van der Waals surface area contributed by atoms with E-state index in [4.69, 9.17) is 9.39 Å². The minimum atomic E-state index is -0.286. The summed E-state index contributed by atoms with van der Waals surface area (Å²) in [5.74, 6) is 1.77. The number of hydrogen-bond acceptors (Lipinski definition) is 3. The van der Waals surface area contributed by atoms with Crippen LogP contribution in [0.2, 0.25) is 11.6 Å². The summed E-state index contributed by atoms with van der Waals surface area (Å²) >= 11 is 0. The van der Waals surface area contributed by atoms with E-state index in [1.807, 2.05) is 13.8 Å². The summed E-state index contributed by atoms with van der Waals surface area (Å²) in [4.78, 5) is 11.6. The fourth-order valence-electron chi connectivity index (χ4n) is 4.10. The van der Waals surface area contributed by atoms with Gasteiger partial charge in [0, 0.05) is 0 Å². The van der Waals surface area contributed by atoms with Crippen molar-refractivity contribution in [3.63, 3.8) is 0 Å². The van der Waals surface area contributed by atoms with Crippen LogP contribution in [-0.2, 0) is 14.2 Å². The predicted molar refractivity (Wildman–Crippen MR) is 90.9 cm³/mol. The lowest BCUT2D eigenvalue weighted by atomic mass is 9.42. The zero-order chi connectivity index (χ0) is 15.8. The van der Waals surface area contributed by atoms with Gasteiger partial charge in [0.05, 0.1) is 18.4 Å². The molecular formula is C18H31BO3. The average Bonchev–Trinajstić information content (AvgIpc) is 2.54. The van der Waals surface area contributed by atoms with Crippen molar-refractivity contribution in [3.05, 3.63) is 11.8 Å². The monoisotopic (exact) mass is 306 g/mol. The summed E-state index contributed by atoms with van der Waals surface area (Å²) in [6.45, 7) is 4.44. The number of allylic oxidation sites excluding steroid dienone is 1. The van der Waals surface area contributed by atoms with Crippen LogP contribution < -0.4 is 0 Å². The van der Waals surface area contributed by atoms with E-state index in [0.29, 0.717) is 25.2 Å². The molecule has 2 rings (SSSR count). The molecule has 0 N–H and O–H groups in total. The molecule has 124 valence electrons. The normalized spacial score (nSPS) is 21.5. The first-order valence-corrected chi connectivity index (χ1v) is 9.22. The van der Waals surface area contributed by atoms with Crippen molar-refractivity contribution in [1.82, 2.24) is 0 Å². The summed E-state index contributed by atoms with van der Waals surface area (Å²) in [5, 5.41) is 0. The zero-order valence-electron chi connectivity index (χ0n) is 14.3. The Hall–Kier alpha value is -0.925.